The molecule has 2 aliphatic heterocycles. The number of hydrogen-bond acceptors (Lipinski definition) is 4. The minimum Gasteiger partial charge on any atom is -0.456 e. The Morgan fingerprint density at radius 3 is 1.80 bits per heavy atom. The molecule has 0 spiro atoms. The van der Waals surface area contributed by atoms with Gasteiger partial charge in [0.2, 0.25) is 0 Å². The average molecular weight is 899 g/mol. The van der Waals surface area contributed by atoms with Crippen molar-refractivity contribution >= 4 is 90.1 Å². The van der Waals surface area contributed by atoms with Gasteiger partial charge in [0.25, 0.3) is 0 Å². The number of benzene rings is 8. The summed E-state index contributed by atoms with van der Waals surface area (Å²) in [5, 5.41) is 4.54. The average Bonchev–Trinajstić information content (AvgIpc) is 3.89. The molecule has 0 fully saturated rings. The molecule has 0 N–H and O–H groups in total. The number of para-hydroxylation sites is 1. The molecule has 10 aromatic rings. The Morgan fingerprint density at radius 2 is 1.09 bits per heavy atom. The van der Waals surface area contributed by atoms with Gasteiger partial charge in [-0.15, -0.1) is 0 Å². The minimum absolute atomic E-state index is 0.0208. The van der Waals surface area contributed by atoms with Gasteiger partial charge in [-0.25, -0.2) is 0 Å². The maximum Gasteiger partial charge on any atom is 0.333 e. The number of hydrogen-bond donors (Lipinski definition) is 0. The summed E-state index contributed by atoms with van der Waals surface area (Å²) in [6, 6.07) is 57.1. The van der Waals surface area contributed by atoms with Gasteiger partial charge < -0.3 is 18.5 Å². The van der Waals surface area contributed by atoms with E-state index in [1.54, 1.807) is 0 Å². The van der Waals surface area contributed by atoms with Crippen molar-refractivity contribution in [1.82, 2.24) is 0 Å². The van der Waals surface area contributed by atoms with Crippen molar-refractivity contribution in [3.05, 3.63) is 174 Å². The first-order valence-electron chi connectivity index (χ1n) is 25.0. The highest BCUT2D eigenvalue weighted by Gasteiger charge is 2.47. The molecule has 0 saturated carbocycles. The van der Waals surface area contributed by atoms with Crippen LogP contribution in [0.25, 0.3) is 66.1 Å². The number of rotatable bonds is 3. The van der Waals surface area contributed by atoms with Crippen LogP contribution >= 0.6 is 0 Å². The number of nitrogens with zero attached hydrogens (tertiary/aromatic N) is 2. The zero-order chi connectivity index (χ0) is 47.5. The highest BCUT2D eigenvalue weighted by atomic mass is 16.3. The molecule has 2 aromatic heterocycles. The van der Waals surface area contributed by atoms with Gasteiger partial charge in [-0.2, -0.15) is 0 Å². The Kier molecular flexibility index (Phi) is 8.73. The third-order valence-corrected chi connectivity index (χ3v) is 16.2. The standard InChI is InChI=1S/C64H59BN2O2/c1-61(2,3)40-22-27-42(28-23-40)66-52-29-24-41(62(4,5)6)32-51(52)65-59-54(66)35-47-44-18-14-15-19-55(44)69-60(47)58(59)48-33-45-46-34-49-50(64(9,10)31-30-63(49,7)8)36-56(46)68-57(45)37-53(48)67(65)43-25-20-39(21-26-43)38-16-12-11-13-17-38/h11-29,32-37H,30-31H2,1-10H3. The Morgan fingerprint density at radius 1 is 0.478 bits per heavy atom. The van der Waals surface area contributed by atoms with Crippen LogP contribution in [0.15, 0.2) is 160 Å². The van der Waals surface area contributed by atoms with E-state index in [4.69, 9.17) is 8.83 Å². The van der Waals surface area contributed by atoms with Gasteiger partial charge in [0.1, 0.15) is 22.3 Å². The van der Waals surface area contributed by atoms with E-state index in [9.17, 15) is 0 Å². The van der Waals surface area contributed by atoms with Crippen LogP contribution in [0, 0.1) is 0 Å². The molecule has 4 heterocycles. The van der Waals surface area contributed by atoms with Gasteiger partial charge in [-0.05, 0) is 139 Å². The molecule has 1 aliphatic carbocycles. The van der Waals surface area contributed by atoms with E-state index in [2.05, 4.69) is 231 Å². The Balaban J connectivity index is 1.17. The van der Waals surface area contributed by atoms with Gasteiger partial charge in [-0.3, -0.25) is 0 Å². The lowest BCUT2D eigenvalue weighted by molar-refractivity contribution is 0.332. The van der Waals surface area contributed by atoms with Crippen molar-refractivity contribution in [2.45, 2.75) is 104 Å². The third-order valence-electron chi connectivity index (χ3n) is 16.2. The van der Waals surface area contributed by atoms with Crippen molar-refractivity contribution < 1.29 is 8.83 Å². The summed E-state index contributed by atoms with van der Waals surface area (Å²) in [6.07, 6.45) is 2.30. The Hall–Kier alpha value is -6.98. The van der Waals surface area contributed by atoms with E-state index in [0.717, 1.165) is 79.5 Å². The van der Waals surface area contributed by atoms with E-state index >= 15 is 0 Å². The van der Waals surface area contributed by atoms with Crippen LogP contribution in [0.3, 0.4) is 0 Å². The topological polar surface area (TPSA) is 32.8 Å². The van der Waals surface area contributed by atoms with Gasteiger partial charge in [-0.1, -0.05) is 154 Å². The molecular weight excluding hydrogens is 840 g/mol. The molecule has 0 atom stereocenters. The predicted molar refractivity (Wildman–Crippen MR) is 293 cm³/mol. The third kappa shape index (κ3) is 6.28. The molecule has 0 amide bonds. The van der Waals surface area contributed by atoms with Gasteiger partial charge in [0.05, 0.1) is 0 Å². The minimum atomic E-state index is -0.208. The number of furan rings is 2. The van der Waals surface area contributed by atoms with Crippen molar-refractivity contribution in [2.24, 2.45) is 0 Å². The summed E-state index contributed by atoms with van der Waals surface area (Å²) in [5.41, 5.74) is 22.0. The number of anilines is 5. The van der Waals surface area contributed by atoms with Crippen molar-refractivity contribution in [3.8, 4) is 22.3 Å². The van der Waals surface area contributed by atoms with E-state index in [0.29, 0.717) is 0 Å². The lowest BCUT2D eigenvalue weighted by Gasteiger charge is -2.46. The maximum absolute atomic E-state index is 7.19. The molecule has 69 heavy (non-hydrogen) atoms. The van der Waals surface area contributed by atoms with Crippen molar-refractivity contribution in [3.63, 3.8) is 0 Å². The molecule has 0 saturated heterocycles. The Bertz CT molecular complexity index is 3750. The molecule has 0 radical (unpaired) electrons. The summed E-state index contributed by atoms with van der Waals surface area (Å²) >= 11 is 0. The monoisotopic (exact) mass is 898 g/mol. The van der Waals surface area contributed by atoms with Crippen LogP contribution < -0.4 is 20.6 Å². The van der Waals surface area contributed by atoms with Crippen molar-refractivity contribution in [2.75, 3.05) is 9.71 Å². The predicted octanol–water partition coefficient (Wildman–Crippen LogP) is 16.8. The summed E-state index contributed by atoms with van der Waals surface area (Å²) in [6.45, 7) is 23.3. The summed E-state index contributed by atoms with van der Waals surface area (Å²) in [5.74, 6) is 0. The quantitative estimate of drug-likeness (QED) is 0.165. The van der Waals surface area contributed by atoms with Crippen LogP contribution in [0.5, 0.6) is 0 Å². The molecule has 8 aromatic carbocycles. The first kappa shape index (κ1) is 42.2. The zero-order valence-electron chi connectivity index (χ0n) is 41.6. The lowest BCUT2D eigenvalue weighted by Crippen LogP contribution is -2.61. The molecule has 0 unspecified atom stereocenters. The first-order valence-corrected chi connectivity index (χ1v) is 25.0. The van der Waals surface area contributed by atoms with Crippen LogP contribution in [-0.4, -0.2) is 6.85 Å². The Labute approximate surface area is 406 Å². The normalized spacial score (nSPS) is 16.0. The zero-order valence-corrected chi connectivity index (χ0v) is 41.6. The smallest absolute Gasteiger partial charge is 0.333 e. The molecule has 4 nitrogen and oxygen atoms in total. The SMILES string of the molecule is CC(C)(C)c1ccc(N2c3ccc(C(C)(C)C)cc3B3c4c2cc2c(oc5ccccc52)c4-c2cc4c(cc2N3c2ccc(-c3ccccc3)cc2)oc2cc3c(cc24)C(C)(C)CCC3(C)C)cc1. The second-order valence-electron chi connectivity index (χ2n) is 23.6. The van der Waals surface area contributed by atoms with Crippen LogP contribution in [0.1, 0.15) is 104 Å². The fraction of sp³-hybridized carbons (Fsp3) is 0.250. The van der Waals surface area contributed by atoms with Crippen molar-refractivity contribution in [1.29, 1.82) is 0 Å². The van der Waals surface area contributed by atoms with E-state index in [-0.39, 0.29) is 28.5 Å². The molecule has 3 aliphatic rings. The van der Waals surface area contributed by atoms with E-state index in [1.165, 1.54) is 61.1 Å². The van der Waals surface area contributed by atoms with Gasteiger partial charge >= 0.3 is 6.85 Å². The second kappa shape index (κ2) is 14.3. The van der Waals surface area contributed by atoms with Gasteiger partial charge in [0.15, 0.2) is 0 Å². The fourth-order valence-corrected chi connectivity index (χ4v) is 12.1. The molecular formula is C64H59BN2O2. The first-order chi connectivity index (χ1) is 32.9. The van der Waals surface area contributed by atoms with Crippen LogP contribution in [-0.2, 0) is 21.7 Å². The van der Waals surface area contributed by atoms with Gasteiger partial charge in [0, 0.05) is 67.2 Å². The number of fused-ring (bicyclic) bond motifs is 12. The molecule has 5 heteroatoms. The highest BCUT2D eigenvalue weighted by molar-refractivity contribution is 6.94. The summed E-state index contributed by atoms with van der Waals surface area (Å²) in [7, 11) is 0. The van der Waals surface area contributed by atoms with E-state index < -0.39 is 0 Å². The van der Waals surface area contributed by atoms with Crippen LogP contribution in [0.2, 0.25) is 0 Å². The molecule has 340 valence electrons. The summed E-state index contributed by atoms with van der Waals surface area (Å²) in [4.78, 5) is 5.15. The summed E-state index contributed by atoms with van der Waals surface area (Å²) < 4.78 is 14.3. The lowest BCUT2D eigenvalue weighted by atomic mass is 9.43. The second-order valence-corrected chi connectivity index (χ2v) is 23.6. The maximum atomic E-state index is 7.19. The van der Waals surface area contributed by atoms with E-state index in [1.807, 2.05) is 0 Å². The highest BCUT2D eigenvalue weighted by Crippen LogP contribution is 2.54. The molecule has 0 bridgehead atoms. The molecule has 13 rings (SSSR count). The fourth-order valence-electron chi connectivity index (χ4n) is 12.1. The largest absolute Gasteiger partial charge is 0.456 e. The van der Waals surface area contributed by atoms with Crippen LogP contribution in [0.4, 0.5) is 28.4 Å².